The van der Waals surface area contributed by atoms with Crippen molar-refractivity contribution in [3.8, 4) is 0 Å². The zero-order valence-corrected chi connectivity index (χ0v) is 18.6. The second-order valence-corrected chi connectivity index (χ2v) is 9.13. The van der Waals surface area contributed by atoms with Gasteiger partial charge < -0.3 is 10.2 Å². The molecule has 1 aromatic carbocycles. The number of amides is 1. The topological polar surface area (TPSA) is 79.6 Å². The van der Waals surface area contributed by atoms with Gasteiger partial charge in [0.05, 0.1) is 0 Å². The molecule has 1 N–H and O–H groups in total. The van der Waals surface area contributed by atoms with Crippen LogP contribution in [0, 0.1) is 0 Å². The fourth-order valence-corrected chi connectivity index (χ4v) is 4.85. The minimum Gasteiger partial charge on any atom is -0.351 e. The quantitative estimate of drug-likeness (QED) is 0.589. The van der Waals surface area contributed by atoms with Gasteiger partial charge in [-0.05, 0) is 43.2 Å². The zero-order chi connectivity index (χ0) is 20.9. The van der Waals surface area contributed by atoms with E-state index in [0.29, 0.717) is 17.9 Å². The lowest BCUT2D eigenvalue weighted by molar-refractivity contribution is 0.0952. The summed E-state index contributed by atoms with van der Waals surface area (Å²) < 4.78 is 1.26. The molecule has 4 rings (SSSR count). The maximum atomic E-state index is 12.8. The molecular formula is C21H25N5O2S2. The van der Waals surface area contributed by atoms with Crippen LogP contribution in [0.5, 0.6) is 0 Å². The number of hydrogen-bond donors (Lipinski definition) is 1. The van der Waals surface area contributed by atoms with E-state index in [-0.39, 0.29) is 5.56 Å². The number of carbonyl (C=O) groups excluding carboxylic acids is 1. The van der Waals surface area contributed by atoms with Gasteiger partial charge in [-0.2, -0.15) is 4.52 Å². The van der Waals surface area contributed by atoms with E-state index < -0.39 is 11.5 Å². The van der Waals surface area contributed by atoms with Gasteiger partial charge in [-0.15, -0.1) is 16.9 Å². The summed E-state index contributed by atoms with van der Waals surface area (Å²) in [6.45, 7) is 2.34. The van der Waals surface area contributed by atoms with Gasteiger partial charge in [0.25, 0.3) is 11.5 Å². The largest absolute Gasteiger partial charge is 0.351 e. The third-order valence-corrected chi connectivity index (χ3v) is 6.98. The van der Waals surface area contributed by atoms with Crippen molar-refractivity contribution in [3.63, 3.8) is 0 Å². The third-order valence-electron chi connectivity index (χ3n) is 5.26. The van der Waals surface area contributed by atoms with Crippen molar-refractivity contribution in [2.24, 2.45) is 0 Å². The highest BCUT2D eigenvalue weighted by atomic mass is 32.2. The number of hydrogen-bond acceptors (Lipinski definition) is 7. The molecule has 1 aliphatic rings. The van der Waals surface area contributed by atoms with Crippen LogP contribution in [0.25, 0.3) is 4.96 Å². The summed E-state index contributed by atoms with van der Waals surface area (Å²) in [4.78, 5) is 33.6. The van der Waals surface area contributed by atoms with Crippen molar-refractivity contribution in [3.05, 3.63) is 51.9 Å². The van der Waals surface area contributed by atoms with E-state index in [2.05, 4.69) is 44.6 Å². The van der Waals surface area contributed by atoms with E-state index >= 15 is 0 Å². The predicted molar refractivity (Wildman–Crippen MR) is 122 cm³/mol. The predicted octanol–water partition coefficient (Wildman–Crippen LogP) is 3.23. The Morgan fingerprint density at radius 1 is 1.17 bits per heavy atom. The average Bonchev–Trinajstić information content (AvgIpc) is 3.02. The van der Waals surface area contributed by atoms with Crippen molar-refractivity contribution in [1.29, 1.82) is 0 Å². The Hall–Kier alpha value is -2.39. The summed E-state index contributed by atoms with van der Waals surface area (Å²) in [5, 5.41) is 8.10. The molecule has 1 saturated heterocycles. The third kappa shape index (κ3) is 4.67. The molecule has 1 aliphatic heterocycles. The molecule has 3 heterocycles. The van der Waals surface area contributed by atoms with Crippen LogP contribution in [0.2, 0.25) is 0 Å². The highest BCUT2D eigenvalue weighted by molar-refractivity contribution is 7.98. The summed E-state index contributed by atoms with van der Waals surface area (Å²) in [5.74, 6) is -0.410. The highest BCUT2D eigenvalue weighted by Crippen LogP contribution is 2.24. The molecule has 0 spiro atoms. The first-order valence-electron chi connectivity index (χ1n) is 10.2. The molecule has 2 aromatic heterocycles. The fourth-order valence-electron chi connectivity index (χ4n) is 3.53. The van der Waals surface area contributed by atoms with Crippen molar-refractivity contribution < 1.29 is 4.79 Å². The molecule has 9 heteroatoms. The van der Waals surface area contributed by atoms with Crippen molar-refractivity contribution in [2.75, 3.05) is 30.8 Å². The highest BCUT2D eigenvalue weighted by Gasteiger charge is 2.19. The first kappa shape index (κ1) is 20.9. The van der Waals surface area contributed by atoms with Gasteiger partial charge >= 0.3 is 0 Å². The first-order valence-corrected chi connectivity index (χ1v) is 12.2. The maximum Gasteiger partial charge on any atom is 0.288 e. The Morgan fingerprint density at radius 2 is 1.90 bits per heavy atom. The van der Waals surface area contributed by atoms with Gasteiger partial charge in [-0.1, -0.05) is 36.3 Å². The Morgan fingerprint density at radius 3 is 2.60 bits per heavy atom. The van der Waals surface area contributed by atoms with E-state index in [1.165, 1.54) is 39.8 Å². The summed E-state index contributed by atoms with van der Waals surface area (Å²) in [6, 6.07) is 8.24. The summed E-state index contributed by atoms with van der Waals surface area (Å²) in [6.07, 6.45) is 8.82. The van der Waals surface area contributed by atoms with Crippen LogP contribution in [0.4, 0.5) is 5.13 Å². The van der Waals surface area contributed by atoms with Crippen LogP contribution >= 0.6 is 23.1 Å². The van der Waals surface area contributed by atoms with E-state index in [1.54, 1.807) is 11.8 Å². The van der Waals surface area contributed by atoms with Crippen LogP contribution in [0.1, 0.15) is 41.6 Å². The van der Waals surface area contributed by atoms with Gasteiger partial charge in [-0.25, -0.2) is 4.98 Å². The van der Waals surface area contributed by atoms with E-state index in [9.17, 15) is 9.59 Å². The summed E-state index contributed by atoms with van der Waals surface area (Å²) in [5.41, 5.74) is 0.747. The number of carbonyl (C=O) groups is 1. The minimum absolute atomic E-state index is 0.0259. The van der Waals surface area contributed by atoms with E-state index in [4.69, 9.17) is 0 Å². The molecule has 3 aromatic rings. The number of anilines is 1. The Labute approximate surface area is 183 Å². The molecule has 0 atom stereocenters. The number of aromatic nitrogens is 3. The molecule has 0 unspecified atom stereocenters. The molecular weight excluding hydrogens is 418 g/mol. The molecule has 0 aliphatic carbocycles. The molecule has 0 bridgehead atoms. The lowest BCUT2D eigenvalue weighted by atomic mass is 10.1. The number of rotatable bonds is 6. The molecule has 1 amide bonds. The zero-order valence-electron chi connectivity index (χ0n) is 17.0. The minimum atomic E-state index is -0.417. The van der Waals surface area contributed by atoms with Crippen molar-refractivity contribution >= 4 is 39.1 Å². The van der Waals surface area contributed by atoms with Gasteiger partial charge in [0.15, 0.2) is 0 Å². The SMILES string of the molecule is CSc1ccc(CCNC(=O)c2cnc3sc(N4CCCCCC4)nn3c2=O)cc1. The lowest BCUT2D eigenvalue weighted by Crippen LogP contribution is -2.33. The number of fused-ring (bicyclic) bond motifs is 1. The van der Waals surface area contributed by atoms with Crippen LogP contribution in [0.15, 0.2) is 40.2 Å². The molecule has 1 fully saturated rings. The number of nitrogens with one attached hydrogen (secondary N) is 1. The van der Waals surface area contributed by atoms with Crippen LogP contribution in [-0.4, -0.2) is 46.4 Å². The molecule has 0 radical (unpaired) electrons. The fraction of sp³-hybridized carbons (Fsp3) is 0.429. The Balaban J connectivity index is 1.44. The Bertz CT molecular complexity index is 1070. The second kappa shape index (κ2) is 9.61. The van der Waals surface area contributed by atoms with Crippen molar-refractivity contribution in [2.45, 2.75) is 37.0 Å². The summed E-state index contributed by atoms with van der Waals surface area (Å²) in [7, 11) is 0. The lowest BCUT2D eigenvalue weighted by Gasteiger charge is -2.17. The van der Waals surface area contributed by atoms with Crippen LogP contribution in [0.3, 0.4) is 0 Å². The Kier molecular flexibility index (Phi) is 6.69. The number of nitrogens with zero attached hydrogens (tertiary/aromatic N) is 4. The smallest absolute Gasteiger partial charge is 0.288 e. The number of benzene rings is 1. The van der Waals surface area contributed by atoms with E-state index in [0.717, 1.165) is 36.6 Å². The molecule has 158 valence electrons. The van der Waals surface area contributed by atoms with Crippen LogP contribution in [-0.2, 0) is 6.42 Å². The van der Waals surface area contributed by atoms with E-state index in [1.807, 2.05) is 6.26 Å². The molecule has 7 nitrogen and oxygen atoms in total. The van der Waals surface area contributed by atoms with Gasteiger partial charge in [0.1, 0.15) is 5.56 Å². The van der Waals surface area contributed by atoms with Gasteiger partial charge in [0.2, 0.25) is 10.1 Å². The normalized spacial score (nSPS) is 14.6. The monoisotopic (exact) mass is 443 g/mol. The van der Waals surface area contributed by atoms with Gasteiger partial charge in [0, 0.05) is 30.7 Å². The number of thioether (sulfide) groups is 1. The average molecular weight is 444 g/mol. The van der Waals surface area contributed by atoms with Gasteiger partial charge in [-0.3, -0.25) is 9.59 Å². The van der Waals surface area contributed by atoms with Crippen LogP contribution < -0.4 is 15.8 Å². The summed E-state index contributed by atoms with van der Waals surface area (Å²) >= 11 is 3.09. The maximum absolute atomic E-state index is 12.8. The first-order chi connectivity index (χ1) is 14.7. The molecule has 0 saturated carbocycles. The standard InChI is InChI=1S/C21H25N5O2S2/c1-29-16-8-6-15(7-9-16)10-11-22-18(27)17-14-23-20-26(19(17)28)24-21(30-20)25-12-4-2-3-5-13-25/h6-9,14H,2-5,10-13H2,1H3,(H,22,27). The second-order valence-electron chi connectivity index (χ2n) is 7.31. The van der Waals surface area contributed by atoms with Crippen molar-refractivity contribution in [1.82, 2.24) is 19.9 Å². The molecule has 30 heavy (non-hydrogen) atoms.